The topological polar surface area (TPSA) is 26.3 Å². The van der Waals surface area contributed by atoms with Crippen molar-refractivity contribution in [2.75, 3.05) is 12.9 Å². The second-order valence-electron chi connectivity index (χ2n) is 3.86. The van der Waals surface area contributed by atoms with Crippen molar-refractivity contribution in [3.05, 3.63) is 30.1 Å². The van der Waals surface area contributed by atoms with E-state index < -0.39 is 0 Å². The second-order valence-corrected chi connectivity index (χ2v) is 5.03. The minimum Gasteiger partial charge on any atom is -0.381 e. The summed E-state index contributed by atoms with van der Waals surface area (Å²) in [7, 11) is 1.61. The van der Waals surface area contributed by atoms with Crippen LogP contribution in [-0.2, 0) is 9.53 Å². The van der Waals surface area contributed by atoms with Crippen molar-refractivity contribution < 1.29 is 13.9 Å². The summed E-state index contributed by atoms with van der Waals surface area (Å²) in [6.07, 6.45) is 1.20. The van der Waals surface area contributed by atoms with Gasteiger partial charge in [0, 0.05) is 24.2 Å². The first-order valence-electron chi connectivity index (χ1n) is 5.52. The Labute approximate surface area is 120 Å². The van der Waals surface area contributed by atoms with Crippen molar-refractivity contribution in [2.45, 2.75) is 45.6 Å². The highest BCUT2D eigenvalue weighted by molar-refractivity contribution is 7.99. The summed E-state index contributed by atoms with van der Waals surface area (Å²) in [5.74, 6) is 0.726. The molecule has 19 heavy (non-hydrogen) atoms. The molecule has 0 amide bonds. The van der Waals surface area contributed by atoms with Crippen LogP contribution >= 0.6 is 11.8 Å². The molecule has 2 nitrogen and oxygen atoms in total. The lowest BCUT2D eigenvalue weighted by atomic mass is 10.1. The van der Waals surface area contributed by atoms with Gasteiger partial charge in [0.1, 0.15) is 11.6 Å². The molecule has 0 fully saturated rings. The van der Waals surface area contributed by atoms with Crippen LogP contribution in [0.1, 0.15) is 34.6 Å². The summed E-state index contributed by atoms with van der Waals surface area (Å²) in [5.41, 5.74) is 0. The van der Waals surface area contributed by atoms with Crippen molar-refractivity contribution in [2.24, 2.45) is 0 Å². The van der Waals surface area contributed by atoms with Gasteiger partial charge in [0.05, 0.1) is 6.10 Å². The normalized spacial score (nSPS) is 11.1. The first-order chi connectivity index (χ1) is 8.11. The number of thioether (sulfide) groups is 1. The molecule has 0 aromatic heterocycles. The lowest BCUT2D eigenvalue weighted by Crippen LogP contribution is -2.15. The fourth-order valence-electron chi connectivity index (χ4n) is 1.49. The Hall–Kier alpha value is -0.870. The van der Waals surface area contributed by atoms with Crippen LogP contribution in [0.5, 0.6) is 0 Å². The van der Waals surface area contributed by atoms with Crippen molar-refractivity contribution in [1.82, 2.24) is 0 Å². The smallest absolute Gasteiger partial charge is 0.132 e. The van der Waals surface area contributed by atoms with Gasteiger partial charge in [0.15, 0.2) is 0 Å². The van der Waals surface area contributed by atoms with Gasteiger partial charge in [-0.1, -0.05) is 20.9 Å². The minimum absolute atomic E-state index is 0. The highest BCUT2D eigenvalue weighted by Crippen LogP contribution is 2.21. The lowest BCUT2D eigenvalue weighted by Gasteiger charge is -2.13. The number of Topliss-reactive ketones (excluding diaryl/α,β-unsaturated/α-hetero) is 1. The minimum atomic E-state index is -0.220. The Morgan fingerprint density at radius 1 is 1.42 bits per heavy atom. The molecule has 0 aliphatic rings. The highest BCUT2D eigenvalue weighted by Gasteiger charge is 2.10. The molecule has 0 saturated carbocycles. The van der Waals surface area contributed by atoms with E-state index in [1.807, 2.05) is 6.07 Å². The van der Waals surface area contributed by atoms with Crippen LogP contribution in [0.3, 0.4) is 0 Å². The molecule has 0 radical (unpaired) electrons. The fourth-order valence-corrected chi connectivity index (χ4v) is 2.48. The Balaban J connectivity index is 0. The molecule has 1 aromatic carbocycles. The lowest BCUT2D eigenvalue weighted by molar-refractivity contribution is -0.119. The van der Waals surface area contributed by atoms with E-state index in [9.17, 15) is 9.18 Å². The first kappa shape index (κ1) is 20.4. The van der Waals surface area contributed by atoms with Crippen LogP contribution < -0.4 is 0 Å². The van der Waals surface area contributed by atoms with Gasteiger partial charge >= 0.3 is 0 Å². The average molecular weight is 288 g/mol. The Bertz CT molecular complexity index is 369. The van der Waals surface area contributed by atoms with E-state index in [0.717, 1.165) is 17.1 Å². The number of hydrogen-bond donors (Lipinski definition) is 0. The molecule has 1 aromatic rings. The number of halogens is 1. The predicted molar refractivity (Wildman–Crippen MR) is 81.3 cm³/mol. The number of carbonyl (C=O) groups excluding carboxylic acids is 1. The monoisotopic (exact) mass is 288 g/mol. The zero-order valence-electron chi connectivity index (χ0n) is 10.1. The third-order valence-corrected chi connectivity index (χ3v) is 3.38. The molecule has 4 heteroatoms. The van der Waals surface area contributed by atoms with E-state index in [1.165, 1.54) is 12.1 Å². The van der Waals surface area contributed by atoms with Gasteiger partial charge < -0.3 is 4.74 Å². The van der Waals surface area contributed by atoms with Crippen molar-refractivity contribution in [3.8, 4) is 0 Å². The fraction of sp³-hybridized carbons (Fsp3) is 0.533. The molecular formula is C15H25FO2S. The van der Waals surface area contributed by atoms with E-state index in [2.05, 4.69) is 0 Å². The molecule has 0 aliphatic carbocycles. The molecule has 0 spiro atoms. The van der Waals surface area contributed by atoms with Crippen LogP contribution in [0.4, 0.5) is 4.39 Å². The number of methoxy groups -OCH3 is 1. The first-order valence-corrected chi connectivity index (χ1v) is 6.51. The highest BCUT2D eigenvalue weighted by atomic mass is 32.2. The zero-order chi connectivity index (χ0) is 12.7. The maximum atomic E-state index is 12.9. The maximum absolute atomic E-state index is 12.9. The van der Waals surface area contributed by atoms with Gasteiger partial charge in [-0.15, -0.1) is 11.8 Å². The third-order valence-electron chi connectivity index (χ3n) is 2.35. The Morgan fingerprint density at radius 2 is 2.11 bits per heavy atom. The van der Waals surface area contributed by atoms with Gasteiger partial charge in [-0.2, -0.15) is 0 Å². The number of ether oxygens (including phenoxy) is 1. The summed E-state index contributed by atoms with van der Waals surface area (Å²) in [4.78, 5) is 11.9. The Kier molecular flexibility index (Phi) is 11.8. The number of carbonyl (C=O) groups is 1. The van der Waals surface area contributed by atoms with Crippen molar-refractivity contribution >= 4 is 17.5 Å². The zero-order valence-corrected chi connectivity index (χ0v) is 10.9. The molecule has 0 heterocycles. The van der Waals surface area contributed by atoms with E-state index in [0.29, 0.717) is 6.42 Å². The summed E-state index contributed by atoms with van der Waals surface area (Å²) < 4.78 is 18.1. The van der Waals surface area contributed by atoms with Crippen LogP contribution in [0, 0.1) is 5.82 Å². The molecule has 0 bridgehead atoms. The molecule has 0 N–H and O–H groups in total. The molecule has 1 rings (SSSR count). The number of rotatable bonds is 7. The van der Waals surface area contributed by atoms with E-state index in [4.69, 9.17) is 4.74 Å². The van der Waals surface area contributed by atoms with Gasteiger partial charge in [0.2, 0.25) is 0 Å². The predicted octanol–water partition coefficient (Wildman–Crippen LogP) is 4.57. The van der Waals surface area contributed by atoms with Gasteiger partial charge in [-0.3, -0.25) is 4.79 Å². The molecule has 1 atom stereocenters. The summed E-state index contributed by atoms with van der Waals surface area (Å²) in [6, 6.07) is 6.51. The number of ketones is 1. The molecule has 110 valence electrons. The second kappa shape index (κ2) is 11.0. The number of hydrogen-bond acceptors (Lipinski definition) is 3. The molecule has 0 saturated heterocycles. The molecule has 1 unspecified atom stereocenters. The standard InChI is InChI=1S/C13H17FO2S.2CH4/c1-10(15)8-12(16-2)6-7-17-13-5-3-4-11(14)9-13;;/h3-5,9,12H,6-8H2,1-2H3;2*1H4. The SMILES string of the molecule is C.C.COC(CCSc1cccc(F)c1)CC(C)=O. The van der Waals surface area contributed by atoms with E-state index in [-0.39, 0.29) is 32.6 Å². The molecule has 0 aliphatic heterocycles. The number of benzene rings is 1. The maximum Gasteiger partial charge on any atom is 0.132 e. The molecular weight excluding hydrogens is 263 g/mol. The van der Waals surface area contributed by atoms with Crippen molar-refractivity contribution in [3.63, 3.8) is 0 Å². The van der Waals surface area contributed by atoms with Gasteiger partial charge in [0.25, 0.3) is 0 Å². The quantitative estimate of drug-likeness (QED) is 0.687. The third kappa shape index (κ3) is 8.78. The van der Waals surface area contributed by atoms with Crippen molar-refractivity contribution in [1.29, 1.82) is 0 Å². The van der Waals surface area contributed by atoms with Crippen LogP contribution in [-0.4, -0.2) is 24.7 Å². The van der Waals surface area contributed by atoms with Crippen LogP contribution in [0.15, 0.2) is 29.2 Å². The summed E-state index contributed by atoms with van der Waals surface area (Å²) in [5, 5.41) is 0. The summed E-state index contributed by atoms with van der Waals surface area (Å²) >= 11 is 1.57. The Morgan fingerprint density at radius 3 is 2.63 bits per heavy atom. The van der Waals surface area contributed by atoms with E-state index in [1.54, 1.807) is 31.9 Å². The van der Waals surface area contributed by atoms with Crippen LogP contribution in [0.25, 0.3) is 0 Å². The van der Waals surface area contributed by atoms with Gasteiger partial charge in [-0.05, 0) is 31.5 Å². The van der Waals surface area contributed by atoms with Gasteiger partial charge in [-0.25, -0.2) is 4.39 Å². The summed E-state index contributed by atoms with van der Waals surface area (Å²) in [6.45, 7) is 1.56. The van der Waals surface area contributed by atoms with E-state index >= 15 is 0 Å². The largest absolute Gasteiger partial charge is 0.381 e. The average Bonchev–Trinajstić information content (AvgIpc) is 2.27. The van der Waals surface area contributed by atoms with Crippen LogP contribution in [0.2, 0.25) is 0 Å².